The van der Waals surface area contributed by atoms with Crippen LogP contribution in [0.1, 0.15) is 36.0 Å². The molecule has 1 aliphatic rings. The number of hydrogen-bond donors (Lipinski definition) is 1. The number of carbonyl (C=O) groups excluding carboxylic acids is 1. The van der Waals surface area contributed by atoms with E-state index in [1.807, 2.05) is 48.5 Å². The normalized spacial score (nSPS) is 19.7. The molecule has 0 spiro atoms. The van der Waals surface area contributed by atoms with Gasteiger partial charge in [-0.05, 0) is 42.7 Å². The van der Waals surface area contributed by atoms with Crippen molar-refractivity contribution >= 4 is 11.6 Å². The first-order valence-electron chi connectivity index (χ1n) is 7.74. The SMILES string of the molecule is C[C@H]1C[C@@H](C(N)=O)c2ccccc2N1Cc1ccc(C#N)cc1. The second-order valence-electron chi connectivity index (χ2n) is 6.04. The molecule has 23 heavy (non-hydrogen) atoms. The van der Waals surface area contributed by atoms with Gasteiger partial charge in [-0.25, -0.2) is 0 Å². The number of benzene rings is 2. The van der Waals surface area contributed by atoms with Crippen LogP contribution in [0.15, 0.2) is 48.5 Å². The third kappa shape index (κ3) is 2.91. The van der Waals surface area contributed by atoms with Crippen molar-refractivity contribution in [2.45, 2.75) is 31.8 Å². The predicted octanol–water partition coefficient (Wildman–Crippen LogP) is 2.93. The summed E-state index contributed by atoms with van der Waals surface area (Å²) in [5, 5.41) is 8.90. The maximum absolute atomic E-state index is 11.8. The number of nitrogens with two attached hydrogens (primary N) is 1. The molecule has 1 amide bonds. The van der Waals surface area contributed by atoms with E-state index in [1.54, 1.807) is 0 Å². The highest BCUT2D eigenvalue weighted by atomic mass is 16.1. The molecule has 0 unspecified atom stereocenters. The molecule has 0 bridgehead atoms. The number of para-hydroxylation sites is 1. The van der Waals surface area contributed by atoms with Crippen molar-refractivity contribution < 1.29 is 4.79 Å². The van der Waals surface area contributed by atoms with E-state index in [-0.39, 0.29) is 17.9 Å². The lowest BCUT2D eigenvalue weighted by atomic mass is 9.85. The van der Waals surface area contributed by atoms with E-state index in [1.165, 1.54) is 0 Å². The summed E-state index contributed by atoms with van der Waals surface area (Å²) < 4.78 is 0. The largest absolute Gasteiger partial charge is 0.369 e. The molecule has 0 aliphatic carbocycles. The fourth-order valence-electron chi connectivity index (χ4n) is 3.27. The van der Waals surface area contributed by atoms with Crippen LogP contribution in [0.5, 0.6) is 0 Å². The van der Waals surface area contributed by atoms with E-state index in [0.29, 0.717) is 5.56 Å². The Morgan fingerprint density at radius 1 is 1.26 bits per heavy atom. The fourth-order valence-corrected chi connectivity index (χ4v) is 3.27. The third-order valence-corrected chi connectivity index (χ3v) is 4.51. The minimum absolute atomic E-state index is 0.220. The molecule has 3 rings (SSSR count). The van der Waals surface area contributed by atoms with E-state index in [9.17, 15) is 4.79 Å². The number of fused-ring (bicyclic) bond motifs is 1. The third-order valence-electron chi connectivity index (χ3n) is 4.51. The van der Waals surface area contributed by atoms with Gasteiger partial charge in [0.15, 0.2) is 0 Å². The summed E-state index contributed by atoms with van der Waals surface area (Å²) >= 11 is 0. The van der Waals surface area contributed by atoms with Gasteiger partial charge in [-0.1, -0.05) is 30.3 Å². The van der Waals surface area contributed by atoms with E-state index < -0.39 is 0 Å². The second-order valence-corrected chi connectivity index (χ2v) is 6.04. The van der Waals surface area contributed by atoms with Gasteiger partial charge in [0.2, 0.25) is 5.91 Å². The zero-order valence-corrected chi connectivity index (χ0v) is 13.1. The highest BCUT2D eigenvalue weighted by Gasteiger charge is 2.32. The predicted molar refractivity (Wildman–Crippen MR) is 89.8 cm³/mol. The molecule has 2 atom stereocenters. The van der Waals surface area contributed by atoms with Crippen LogP contribution >= 0.6 is 0 Å². The topological polar surface area (TPSA) is 70.1 Å². The van der Waals surface area contributed by atoms with Crippen molar-refractivity contribution in [3.8, 4) is 6.07 Å². The van der Waals surface area contributed by atoms with Crippen LogP contribution in [0.2, 0.25) is 0 Å². The molecule has 0 saturated heterocycles. The van der Waals surface area contributed by atoms with Crippen molar-refractivity contribution in [1.82, 2.24) is 0 Å². The Hall–Kier alpha value is -2.80. The summed E-state index contributed by atoms with van der Waals surface area (Å²) in [5.74, 6) is -0.485. The Morgan fingerprint density at radius 3 is 2.61 bits per heavy atom. The summed E-state index contributed by atoms with van der Waals surface area (Å²) in [7, 11) is 0. The number of nitriles is 1. The Balaban J connectivity index is 1.93. The molecule has 2 N–H and O–H groups in total. The number of amides is 1. The number of rotatable bonds is 3. The monoisotopic (exact) mass is 305 g/mol. The first-order valence-corrected chi connectivity index (χ1v) is 7.74. The minimum atomic E-state index is -0.262. The summed E-state index contributed by atoms with van der Waals surface area (Å²) in [4.78, 5) is 14.1. The minimum Gasteiger partial charge on any atom is -0.369 e. The zero-order valence-electron chi connectivity index (χ0n) is 13.1. The van der Waals surface area contributed by atoms with Crippen molar-refractivity contribution in [3.63, 3.8) is 0 Å². The maximum atomic E-state index is 11.8. The lowest BCUT2D eigenvalue weighted by Gasteiger charge is -2.40. The zero-order chi connectivity index (χ0) is 16.4. The fraction of sp³-hybridized carbons (Fsp3) is 0.263. The highest BCUT2D eigenvalue weighted by Crippen LogP contribution is 2.38. The van der Waals surface area contributed by atoms with Gasteiger partial charge < -0.3 is 10.6 Å². The number of nitrogens with zero attached hydrogens (tertiary/aromatic N) is 2. The summed E-state index contributed by atoms with van der Waals surface area (Å²) in [6, 6.07) is 18.0. The van der Waals surface area contributed by atoms with Gasteiger partial charge in [-0.2, -0.15) is 5.26 Å². The van der Waals surface area contributed by atoms with Gasteiger partial charge in [0.1, 0.15) is 0 Å². The molecule has 1 aliphatic heterocycles. The van der Waals surface area contributed by atoms with Crippen molar-refractivity contribution in [2.24, 2.45) is 5.73 Å². The van der Waals surface area contributed by atoms with Crippen LogP contribution < -0.4 is 10.6 Å². The van der Waals surface area contributed by atoms with Crippen LogP contribution in [-0.2, 0) is 11.3 Å². The Bertz CT molecular complexity index is 761. The molecule has 0 fully saturated rings. The Morgan fingerprint density at radius 2 is 1.96 bits per heavy atom. The molecule has 4 nitrogen and oxygen atoms in total. The number of anilines is 1. The average Bonchev–Trinajstić information content (AvgIpc) is 2.57. The van der Waals surface area contributed by atoms with E-state index in [4.69, 9.17) is 11.0 Å². The van der Waals surface area contributed by atoms with E-state index in [0.717, 1.165) is 29.8 Å². The molecular formula is C19H19N3O. The number of primary amides is 1. The standard InChI is InChI=1S/C19H19N3O/c1-13-10-17(19(21)23)16-4-2-3-5-18(16)22(13)12-15-8-6-14(11-20)7-9-15/h2-9,13,17H,10,12H2,1H3,(H2,21,23)/t13-,17+/m0/s1. The summed E-state index contributed by atoms with van der Waals surface area (Å²) in [6.45, 7) is 2.87. The van der Waals surface area contributed by atoms with Gasteiger partial charge >= 0.3 is 0 Å². The molecule has 1 heterocycles. The molecule has 2 aromatic rings. The van der Waals surface area contributed by atoms with Crippen LogP contribution in [0.25, 0.3) is 0 Å². The van der Waals surface area contributed by atoms with Gasteiger partial charge in [0, 0.05) is 18.3 Å². The summed E-state index contributed by atoms with van der Waals surface area (Å²) in [5.41, 5.74) is 9.46. The molecular weight excluding hydrogens is 286 g/mol. The van der Waals surface area contributed by atoms with Crippen LogP contribution in [0, 0.1) is 11.3 Å². The first-order chi connectivity index (χ1) is 11.1. The van der Waals surface area contributed by atoms with Gasteiger partial charge in [0.05, 0.1) is 17.6 Å². The maximum Gasteiger partial charge on any atom is 0.225 e. The first kappa shape index (κ1) is 15.1. The van der Waals surface area contributed by atoms with Gasteiger partial charge in [0.25, 0.3) is 0 Å². The highest BCUT2D eigenvalue weighted by molar-refractivity contribution is 5.85. The molecule has 0 radical (unpaired) electrons. The van der Waals surface area contributed by atoms with Crippen molar-refractivity contribution in [3.05, 3.63) is 65.2 Å². The Kier molecular flexibility index (Phi) is 4.03. The van der Waals surface area contributed by atoms with Crippen LogP contribution in [0.4, 0.5) is 5.69 Å². The smallest absolute Gasteiger partial charge is 0.225 e. The van der Waals surface area contributed by atoms with Crippen LogP contribution in [0.3, 0.4) is 0 Å². The summed E-state index contributed by atoms with van der Waals surface area (Å²) in [6.07, 6.45) is 0.725. The van der Waals surface area contributed by atoms with Crippen molar-refractivity contribution in [1.29, 1.82) is 5.26 Å². The van der Waals surface area contributed by atoms with E-state index in [2.05, 4.69) is 17.9 Å². The number of carbonyl (C=O) groups is 1. The molecule has 116 valence electrons. The van der Waals surface area contributed by atoms with Crippen LogP contribution in [-0.4, -0.2) is 11.9 Å². The van der Waals surface area contributed by atoms with Gasteiger partial charge in [-0.3, -0.25) is 4.79 Å². The molecule has 4 heteroatoms. The Labute approximate surface area is 136 Å². The van der Waals surface area contributed by atoms with Gasteiger partial charge in [-0.15, -0.1) is 0 Å². The molecule has 2 aromatic carbocycles. The van der Waals surface area contributed by atoms with Crippen molar-refractivity contribution in [2.75, 3.05) is 4.90 Å². The second kappa shape index (κ2) is 6.13. The average molecular weight is 305 g/mol. The quantitative estimate of drug-likeness (QED) is 0.947. The lowest BCUT2D eigenvalue weighted by molar-refractivity contribution is -0.119. The van der Waals surface area contributed by atoms with E-state index >= 15 is 0 Å². The molecule has 0 aromatic heterocycles. The lowest BCUT2D eigenvalue weighted by Crippen LogP contribution is -2.41. The number of hydrogen-bond acceptors (Lipinski definition) is 3. The molecule has 0 saturated carbocycles.